The molecule has 0 aliphatic heterocycles. The van der Waals surface area contributed by atoms with Crippen LogP contribution in [0.4, 0.5) is 0 Å². The first-order valence-electron chi connectivity index (χ1n) is 2.24. The molecule has 0 unspecified atom stereocenters. The summed E-state index contributed by atoms with van der Waals surface area (Å²) in [5.41, 5.74) is 4.57. The van der Waals surface area contributed by atoms with Crippen LogP contribution in [0.1, 0.15) is 20.8 Å². The molecular formula is C5H12LiNO. The maximum atomic E-state index is 10.2. The van der Waals surface area contributed by atoms with Gasteiger partial charge >= 0.3 is 18.9 Å². The average Bonchev–Trinajstić information content (AvgIpc) is 1.31. The van der Waals surface area contributed by atoms with Crippen molar-refractivity contribution in [2.45, 2.75) is 20.8 Å². The Bertz CT molecular complexity index is 84.9. The Labute approximate surface area is 62.0 Å². The fourth-order valence-corrected chi connectivity index (χ4v) is 0. The molecule has 0 rings (SSSR count). The quantitative estimate of drug-likeness (QED) is 0.432. The van der Waals surface area contributed by atoms with Crippen LogP contribution >= 0.6 is 0 Å². The van der Waals surface area contributed by atoms with Crippen molar-refractivity contribution >= 4 is 24.8 Å². The number of nitrogens with two attached hydrogens (primary N) is 1. The van der Waals surface area contributed by atoms with E-state index in [2.05, 4.69) is 0 Å². The fraction of sp³-hybridized carbons (Fsp3) is 0.800. The molecule has 0 aromatic heterocycles. The molecule has 0 radical (unpaired) electrons. The van der Waals surface area contributed by atoms with Crippen molar-refractivity contribution < 1.29 is 4.79 Å². The van der Waals surface area contributed by atoms with Gasteiger partial charge in [0.1, 0.15) is 0 Å². The van der Waals surface area contributed by atoms with Crippen LogP contribution in [0.15, 0.2) is 0 Å². The molecule has 2 nitrogen and oxygen atoms in total. The molecule has 44 valence electrons. The van der Waals surface area contributed by atoms with Crippen molar-refractivity contribution in [3.05, 3.63) is 0 Å². The van der Waals surface area contributed by atoms with Gasteiger partial charge in [-0.1, -0.05) is 20.8 Å². The molecule has 8 heavy (non-hydrogen) atoms. The van der Waals surface area contributed by atoms with Crippen LogP contribution in [0.2, 0.25) is 0 Å². The van der Waals surface area contributed by atoms with Crippen molar-refractivity contribution in [1.29, 1.82) is 0 Å². The second-order valence-electron chi connectivity index (χ2n) is 2.61. The molecule has 0 aromatic rings. The minimum atomic E-state index is -0.361. The van der Waals surface area contributed by atoms with Gasteiger partial charge in [0.2, 0.25) is 5.91 Å². The van der Waals surface area contributed by atoms with Crippen molar-refractivity contribution in [3.8, 4) is 0 Å². The minimum absolute atomic E-state index is 0. The van der Waals surface area contributed by atoms with Crippen molar-refractivity contribution in [3.63, 3.8) is 0 Å². The van der Waals surface area contributed by atoms with Gasteiger partial charge in [-0.05, 0) is 0 Å². The average molecular weight is 109 g/mol. The standard InChI is InChI=1S/C5H11NO.Li.H/c1-5(2,3)4(6)7;;/h1-3H3,(H2,6,7);;. The third-order valence-electron chi connectivity index (χ3n) is 0.739. The third kappa shape index (κ3) is 4.23. The van der Waals surface area contributed by atoms with Gasteiger partial charge < -0.3 is 5.73 Å². The van der Waals surface area contributed by atoms with Gasteiger partial charge in [0.25, 0.3) is 0 Å². The van der Waals surface area contributed by atoms with Crippen molar-refractivity contribution in [2.75, 3.05) is 0 Å². The summed E-state index contributed by atoms with van der Waals surface area (Å²) in [5.74, 6) is -0.257. The fourth-order valence-electron chi connectivity index (χ4n) is 0. The van der Waals surface area contributed by atoms with Gasteiger partial charge in [-0.2, -0.15) is 0 Å². The van der Waals surface area contributed by atoms with E-state index in [-0.39, 0.29) is 30.2 Å². The SMILES string of the molecule is CC(C)(C)C(N)=O.[LiH]. The van der Waals surface area contributed by atoms with Gasteiger partial charge in [0.15, 0.2) is 0 Å². The Kier molecular flexibility index (Phi) is 4.33. The van der Waals surface area contributed by atoms with E-state index < -0.39 is 0 Å². The van der Waals surface area contributed by atoms with Crippen molar-refractivity contribution in [1.82, 2.24) is 0 Å². The predicted molar refractivity (Wildman–Crippen MR) is 35.8 cm³/mol. The second kappa shape index (κ2) is 3.16. The number of rotatable bonds is 0. The van der Waals surface area contributed by atoms with E-state index in [1.54, 1.807) is 20.8 Å². The first kappa shape index (κ1) is 10.9. The molecule has 0 saturated heterocycles. The Morgan fingerprint density at radius 1 is 1.38 bits per heavy atom. The van der Waals surface area contributed by atoms with Gasteiger partial charge in [0.05, 0.1) is 0 Å². The third-order valence-corrected chi connectivity index (χ3v) is 0.739. The molecule has 0 aliphatic rings. The van der Waals surface area contributed by atoms with Crippen LogP contribution in [0, 0.1) is 5.41 Å². The van der Waals surface area contributed by atoms with Crippen LogP contribution in [0.3, 0.4) is 0 Å². The number of amides is 1. The van der Waals surface area contributed by atoms with Crippen LogP contribution in [0.5, 0.6) is 0 Å². The van der Waals surface area contributed by atoms with E-state index in [1.807, 2.05) is 0 Å². The molecule has 1 amide bonds. The van der Waals surface area contributed by atoms with E-state index in [0.717, 1.165) is 0 Å². The number of carbonyl (C=O) groups excluding carboxylic acids is 1. The van der Waals surface area contributed by atoms with E-state index in [9.17, 15) is 4.79 Å². The predicted octanol–water partition coefficient (Wildman–Crippen LogP) is -0.131. The van der Waals surface area contributed by atoms with Crippen molar-refractivity contribution in [2.24, 2.45) is 11.1 Å². The molecular weight excluding hydrogens is 97.0 g/mol. The van der Waals surface area contributed by atoms with Gasteiger partial charge in [-0.15, -0.1) is 0 Å². The molecule has 0 heterocycles. The van der Waals surface area contributed by atoms with Gasteiger partial charge in [-0.25, -0.2) is 0 Å². The summed E-state index contributed by atoms with van der Waals surface area (Å²) in [6, 6.07) is 0. The van der Waals surface area contributed by atoms with Crippen LogP contribution in [-0.4, -0.2) is 24.8 Å². The normalized spacial score (nSPS) is 9.88. The zero-order chi connectivity index (χ0) is 6.08. The summed E-state index contributed by atoms with van der Waals surface area (Å²) in [6.07, 6.45) is 0. The first-order chi connectivity index (χ1) is 2.94. The second-order valence-corrected chi connectivity index (χ2v) is 2.61. The Morgan fingerprint density at radius 2 is 1.50 bits per heavy atom. The summed E-state index contributed by atoms with van der Waals surface area (Å²) >= 11 is 0. The monoisotopic (exact) mass is 109 g/mol. The molecule has 3 heteroatoms. The van der Waals surface area contributed by atoms with E-state index in [4.69, 9.17) is 5.73 Å². The number of primary amides is 1. The molecule has 2 N–H and O–H groups in total. The zero-order valence-corrected chi connectivity index (χ0v) is 4.99. The molecule has 0 aliphatic carbocycles. The Balaban J connectivity index is 0. The van der Waals surface area contributed by atoms with Gasteiger partial charge in [-0.3, -0.25) is 4.79 Å². The number of carbonyl (C=O) groups is 1. The molecule has 0 bridgehead atoms. The first-order valence-corrected chi connectivity index (χ1v) is 2.24. The summed E-state index contributed by atoms with van der Waals surface area (Å²) < 4.78 is 0. The Hall–Kier alpha value is 0.0674. The topological polar surface area (TPSA) is 43.1 Å². The van der Waals surface area contributed by atoms with E-state index in [0.29, 0.717) is 0 Å². The number of hydrogen-bond donors (Lipinski definition) is 1. The zero-order valence-electron chi connectivity index (χ0n) is 4.99. The van der Waals surface area contributed by atoms with Crippen LogP contribution in [0.25, 0.3) is 0 Å². The molecule has 0 atom stereocenters. The molecule has 0 saturated carbocycles. The van der Waals surface area contributed by atoms with Crippen LogP contribution < -0.4 is 5.73 Å². The molecule has 0 spiro atoms. The maximum absolute atomic E-state index is 10.2. The molecule has 0 fully saturated rings. The summed E-state index contributed by atoms with van der Waals surface area (Å²) in [7, 11) is 0. The van der Waals surface area contributed by atoms with Crippen LogP contribution in [-0.2, 0) is 4.79 Å². The summed E-state index contributed by atoms with van der Waals surface area (Å²) in [5, 5.41) is 0. The Morgan fingerprint density at radius 3 is 1.50 bits per heavy atom. The number of hydrogen-bond acceptors (Lipinski definition) is 1. The summed E-state index contributed by atoms with van der Waals surface area (Å²) in [4.78, 5) is 10.2. The molecule has 0 aromatic carbocycles. The van der Waals surface area contributed by atoms with E-state index >= 15 is 0 Å². The summed E-state index contributed by atoms with van der Waals surface area (Å²) in [6.45, 7) is 5.36. The van der Waals surface area contributed by atoms with E-state index in [1.165, 1.54) is 0 Å². The van der Waals surface area contributed by atoms with Gasteiger partial charge in [0, 0.05) is 5.41 Å².